The lowest BCUT2D eigenvalue weighted by molar-refractivity contribution is -0.139. The molecule has 2 N–H and O–H groups in total. The fraction of sp³-hybridized carbons (Fsp3) is 0.800. The van der Waals surface area contributed by atoms with Gasteiger partial charge in [0, 0.05) is 0 Å². The van der Waals surface area contributed by atoms with Crippen molar-refractivity contribution < 1.29 is 19.7 Å². The summed E-state index contributed by atoms with van der Waals surface area (Å²) in [5.74, 6) is -0.988. The zero-order chi connectivity index (χ0) is 6.85. The first-order chi connectivity index (χ1) is 4.20. The second-order valence-corrected chi connectivity index (χ2v) is 2.04. The molecule has 0 saturated carbocycles. The second kappa shape index (κ2) is 2.33. The predicted molar refractivity (Wildman–Crippen MR) is 28.0 cm³/mol. The summed E-state index contributed by atoms with van der Waals surface area (Å²) in [6.07, 6.45) is -1.26. The highest BCUT2D eigenvalue weighted by atomic mass is 16.6. The van der Waals surface area contributed by atoms with Gasteiger partial charge in [-0.05, 0) is 0 Å². The van der Waals surface area contributed by atoms with E-state index in [9.17, 15) is 4.79 Å². The summed E-state index contributed by atoms with van der Waals surface area (Å²) in [7, 11) is 0. The molecule has 52 valence electrons. The van der Waals surface area contributed by atoms with E-state index < -0.39 is 12.1 Å². The van der Waals surface area contributed by atoms with Crippen molar-refractivity contribution >= 4 is 5.97 Å². The molecule has 1 heterocycles. The van der Waals surface area contributed by atoms with Crippen LogP contribution in [0.3, 0.4) is 0 Å². The highest BCUT2D eigenvalue weighted by Crippen LogP contribution is 2.15. The van der Waals surface area contributed by atoms with E-state index in [0.29, 0.717) is 6.61 Å². The summed E-state index contributed by atoms with van der Waals surface area (Å²) in [5, 5.41) is 17.0. The molecule has 2 atom stereocenters. The number of aliphatic hydroxyl groups is 1. The fourth-order valence-electron chi connectivity index (χ4n) is 0.588. The Balaban J connectivity index is 2.17. The molecule has 0 aromatic rings. The first kappa shape index (κ1) is 6.51. The minimum atomic E-state index is -0.988. The third-order valence-electron chi connectivity index (χ3n) is 1.17. The van der Waals surface area contributed by atoms with Crippen LogP contribution in [0.25, 0.3) is 0 Å². The van der Waals surface area contributed by atoms with Crippen molar-refractivity contribution in [1.82, 2.24) is 0 Å². The van der Waals surface area contributed by atoms with E-state index in [0.717, 1.165) is 0 Å². The lowest BCUT2D eigenvalue weighted by atomic mass is 10.2. The van der Waals surface area contributed by atoms with Gasteiger partial charge in [-0.1, -0.05) is 0 Å². The summed E-state index contributed by atoms with van der Waals surface area (Å²) in [6.45, 7) is 0.494. The van der Waals surface area contributed by atoms with Crippen LogP contribution in [0.15, 0.2) is 0 Å². The SMILES string of the molecule is O=C(O)C[C@@H](O)[C@H]1CO1. The summed E-state index contributed by atoms with van der Waals surface area (Å²) in [5.41, 5.74) is 0. The molecule has 1 saturated heterocycles. The number of hydrogen-bond acceptors (Lipinski definition) is 3. The van der Waals surface area contributed by atoms with E-state index >= 15 is 0 Å². The monoisotopic (exact) mass is 132 g/mol. The van der Waals surface area contributed by atoms with Crippen molar-refractivity contribution in [3.05, 3.63) is 0 Å². The molecule has 1 aliphatic heterocycles. The average Bonchev–Trinajstić information content (AvgIpc) is 2.40. The van der Waals surface area contributed by atoms with Crippen molar-refractivity contribution in [3.8, 4) is 0 Å². The van der Waals surface area contributed by atoms with Gasteiger partial charge in [-0.3, -0.25) is 4.79 Å². The maximum atomic E-state index is 9.93. The quantitative estimate of drug-likeness (QED) is 0.494. The third-order valence-corrected chi connectivity index (χ3v) is 1.17. The summed E-state index contributed by atoms with van der Waals surface area (Å²) in [4.78, 5) is 9.93. The van der Waals surface area contributed by atoms with Gasteiger partial charge in [0.05, 0.1) is 19.1 Å². The van der Waals surface area contributed by atoms with E-state index in [2.05, 4.69) is 4.74 Å². The Kier molecular flexibility index (Phi) is 1.68. The maximum Gasteiger partial charge on any atom is 0.306 e. The van der Waals surface area contributed by atoms with E-state index in [-0.39, 0.29) is 12.5 Å². The van der Waals surface area contributed by atoms with E-state index in [1.165, 1.54) is 0 Å². The molecule has 4 nitrogen and oxygen atoms in total. The van der Waals surface area contributed by atoms with Crippen molar-refractivity contribution in [3.63, 3.8) is 0 Å². The predicted octanol–water partition coefficient (Wildman–Crippen LogP) is -0.779. The Hall–Kier alpha value is -0.610. The number of hydrogen-bond donors (Lipinski definition) is 2. The minimum absolute atomic E-state index is 0.218. The lowest BCUT2D eigenvalue weighted by Crippen LogP contribution is -2.18. The van der Waals surface area contributed by atoms with Crippen LogP contribution >= 0.6 is 0 Å². The zero-order valence-electron chi connectivity index (χ0n) is 4.78. The molecular weight excluding hydrogens is 124 g/mol. The molecule has 4 heteroatoms. The van der Waals surface area contributed by atoms with Gasteiger partial charge in [0.15, 0.2) is 0 Å². The summed E-state index contributed by atoms with van der Waals surface area (Å²) in [6, 6.07) is 0. The molecule has 0 aromatic carbocycles. The normalized spacial score (nSPS) is 27.4. The van der Waals surface area contributed by atoms with E-state index in [4.69, 9.17) is 10.2 Å². The van der Waals surface area contributed by atoms with Crippen molar-refractivity contribution in [2.45, 2.75) is 18.6 Å². The minimum Gasteiger partial charge on any atom is -0.481 e. The summed E-state index contributed by atoms with van der Waals surface area (Å²) < 4.78 is 4.66. The van der Waals surface area contributed by atoms with Crippen LogP contribution in [0, 0.1) is 0 Å². The van der Waals surface area contributed by atoms with Gasteiger partial charge < -0.3 is 14.9 Å². The summed E-state index contributed by atoms with van der Waals surface area (Å²) >= 11 is 0. The van der Waals surface area contributed by atoms with Gasteiger partial charge in [0.25, 0.3) is 0 Å². The molecule has 0 aliphatic carbocycles. The van der Waals surface area contributed by atoms with Gasteiger partial charge in [0.1, 0.15) is 6.10 Å². The standard InChI is InChI=1S/C5H8O4/c6-3(1-5(7)8)4-2-9-4/h3-4,6H,1-2H2,(H,7,8)/t3-,4-/m1/s1. The molecule has 0 bridgehead atoms. The Morgan fingerprint density at radius 3 is 2.78 bits per heavy atom. The van der Waals surface area contributed by atoms with E-state index in [1.807, 2.05) is 0 Å². The van der Waals surface area contributed by atoms with Crippen molar-refractivity contribution in [2.24, 2.45) is 0 Å². The van der Waals surface area contributed by atoms with Crippen LogP contribution in [0.2, 0.25) is 0 Å². The van der Waals surface area contributed by atoms with Crippen molar-refractivity contribution in [1.29, 1.82) is 0 Å². The Morgan fingerprint density at radius 1 is 1.89 bits per heavy atom. The second-order valence-electron chi connectivity index (χ2n) is 2.04. The van der Waals surface area contributed by atoms with Crippen LogP contribution in [0.5, 0.6) is 0 Å². The third kappa shape index (κ3) is 1.99. The molecule has 0 spiro atoms. The van der Waals surface area contributed by atoms with Gasteiger partial charge in [-0.15, -0.1) is 0 Å². The molecule has 0 unspecified atom stereocenters. The number of ether oxygens (including phenoxy) is 1. The number of carboxylic acids is 1. The molecule has 1 fully saturated rings. The Bertz CT molecular complexity index is 118. The van der Waals surface area contributed by atoms with E-state index in [1.54, 1.807) is 0 Å². The first-order valence-electron chi connectivity index (χ1n) is 2.71. The highest BCUT2D eigenvalue weighted by Gasteiger charge is 2.32. The average molecular weight is 132 g/mol. The van der Waals surface area contributed by atoms with Gasteiger partial charge in [-0.25, -0.2) is 0 Å². The molecule has 0 aromatic heterocycles. The first-order valence-corrected chi connectivity index (χ1v) is 2.71. The molecule has 0 radical (unpaired) electrons. The Labute approximate surface area is 52.1 Å². The number of aliphatic hydroxyl groups excluding tert-OH is 1. The smallest absolute Gasteiger partial charge is 0.306 e. The van der Waals surface area contributed by atoms with Crippen LogP contribution in [0.4, 0.5) is 0 Å². The fourth-order valence-corrected chi connectivity index (χ4v) is 0.588. The molecule has 1 aliphatic rings. The number of epoxide rings is 1. The van der Waals surface area contributed by atoms with Crippen LogP contribution in [-0.2, 0) is 9.53 Å². The van der Waals surface area contributed by atoms with Gasteiger partial charge >= 0.3 is 5.97 Å². The van der Waals surface area contributed by atoms with Crippen molar-refractivity contribution in [2.75, 3.05) is 6.61 Å². The van der Waals surface area contributed by atoms with Gasteiger partial charge in [-0.2, -0.15) is 0 Å². The molecule has 0 amide bonds. The number of carbonyl (C=O) groups is 1. The molecular formula is C5H8O4. The topological polar surface area (TPSA) is 70.1 Å². The highest BCUT2D eigenvalue weighted by molar-refractivity contribution is 5.67. The lowest BCUT2D eigenvalue weighted by Gasteiger charge is -2.00. The molecule has 1 rings (SSSR count). The Morgan fingerprint density at radius 2 is 2.44 bits per heavy atom. The number of carboxylic acid groups (broad SMARTS) is 1. The van der Waals surface area contributed by atoms with Crippen LogP contribution in [-0.4, -0.2) is 35.0 Å². The zero-order valence-corrected chi connectivity index (χ0v) is 4.78. The van der Waals surface area contributed by atoms with Crippen LogP contribution in [0.1, 0.15) is 6.42 Å². The number of aliphatic carboxylic acids is 1. The maximum absolute atomic E-state index is 9.93. The largest absolute Gasteiger partial charge is 0.481 e. The van der Waals surface area contributed by atoms with Crippen LogP contribution < -0.4 is 0 Å². The molecule has 9 heavy (non-hydrogen) atoms. The van der Waals surface area contributed by atoms with Gasteiger partial charge in [0.2, 0.25) is 0 Å². The number of rotatable bonds is 3.